The highest BCUT2D eigenvalue weighted by atomic mass is 16.4. The zero-order valence-corrected chi connectivity index (χ0v) is 12.0. The van der Waals surface area contributed by atoms with Gasteiger partial charge in [-0.1, -0.05) is 19.4 Å². The van der Waals surface area contributed by atoms with E-state index in [4.69, 9.17) is 0 Å². The number of benzene rings is 1. The van der Waals surface area contributed by atoms with Crippen molar-refractivity contribution in [2.24, 2.45) is 5.41 Å². The average Bonchev–Trinajstić information content (AvgIpc) is 2.69. The van der Waals surface area contributed by atoms with Gasteiger partial charge in [-0.3, -0.25) is 0 Å². The molecule has 3 rings (SSSR count). The normalized spacial score (nSPS) is 17.1. The standard InChI is InChI=1S/C16H20N2O2/c1-3-16(8-5-9-16)10-18-11(2)17-13-7-4-6-12(14(13)18)15(19)20/h4,6-7H,3,5,8-10H2,1-2H3,(H,19,20). The van der Waals surface area contributed by atoms with Crippen LogP contribution in [-0.4, -0.2) is 20.6 Å². The van der Waals surface area contributed by atoms with Gasteiger partial charge in [-0.25, -0.2) is 9.78 Å². The van der Waals surface area contributed by atoms with E-state index >= 15 is 0 Å². The van der Waals surface area contributed by atoms with Gasteiger partial charge in [-0.2, -0.15) is 0 Å². The fraction of sp³-hybridized carbons (Fsp3) is 0.500. The SMILES string of the molecule is CCC1(Cn2c(C)nc3cccc(C(=O)O)c32)CCC1. The fourth-order valence-corrected chi connectivity index (χ4v) is 3.30. The molecule has 0 amide bonds. The van der Waals surface area contributed by atoms with Gasteiger partial charge in [-0.15, -0.1) is 0 Å². The van der Waals surface area contributed by atoms with E-state index in [2.05, 4.69) is 16.5 Å². The zero-order chi connectivity index (χ0) is 14.3. The summed E-state index contributed by atoms with van der Waals surface area (Å²) in [7, 11) is 0. The third-order valence-electron chi connectivity index (χ3n) is 4.85. The molecule has 0 saturated heterocycles. The summed E-state index contributed by atoms with van der Waals surface area (Å²) in [5, 5.41) is 9.40. The summed E-state index contributed by atoms with van der Waals surface area (Å²) in [6, 6.07) is 5.33. The van der Waals surface area contributed by atoms with Gasteiger partial charge in [0.1, 0.15) is 5.82 Å². The summed E-state index contributed by atoms with van der Waals surface area (Å²) in [6.07, 6.45) is 4.89. The highest BCUT2D eigenvalue weighted by Gasteiger charge is 2.36. The van der Waals surface area contributed by atoms with Crippen LogP contribution in [0.25, 0.3) is 11.0 Å². The van der Waals surface area contributed by atoms with Gasteiger partial charge in [-0.05, 0) is 43.7 Å². The summed E-state index contributed by atoms with van der Waals surface area (Å²) in [6.45, 7) is 5.08. The monoisotopic (exact) mass is 272 g/mol. The Morgan fingerprint density at radius 2 is 2.20 bits per heavy atom. The van der Waals surface area contributed by atoms with E-state index in [9.17, 15) is 9.90 Å². The molecule has 1 aromatic carbocycles. The Morgan fingerprint density at radius 3 is 2.75 bits per heavy atom. The lowest BCUT2D eigenvalue weighted by atomic mass is 9.67. The molecule has 1 aromatic heterocycles. The summed E-state index contributed by atoms with van der Waals surface area (Å²) in [5.41, 5.74) is 2.25. The minimum Gasteiger partial charge on any atom is -0.478 e. The van der Waals surface area contributed by atoms with Gasteiger partial charge in [0.2, 0.25) is 0 Å². The Morgan fingerprint density at radius 1 is 1.45 bits per heavy atom. The molecule has 0 atom stereocenters. The van der Waals surface area contributed by atoms with Crippen LogP contribution in [0.4, 0.5) is 0 Å². The summed E-state index contributed by atoms with van der Waals surface area (Å²) >= 11 is 0. The number of aryl methyl sites for hydroxylation is 1. The van der Waals surface area contributed by atoms with Crippen LogP contribution in [-0.2, 0) is 6.54 Å². The maximum atomic E-state index is 11.5. The van der Waals surface area contributed by atoms with Crippen molar-refractivity contribution >= 4 is 17.0 Å². The number of rotatable bonds is 4. The highest BCUT2D eigenvalue weighted by molar-refractivity contribution is 6.01. The number of aromatic nitrogens is 2. The lowest BCUT2D eigenvalue weighted by Gasteiger charge is -2.42. The minimum atomic E-state index is -0.879. The number of carboxylic acid groups (broad SMARTS) is 1. The molecule has 1 heterocycles. The summed E-state index contributed by atoms with van der Waals surface area (Å²) in [5.74, 6) is 0.0318. The van der Waals surface area contributed by atoms with E-state index in [1.807, 2.05) is 13.0 Å². The third-order valence-corrected chi connectivity index (χ3v) is 4.85. The van der Waals surface area contributed by atoms with Crippen LogP contribution in [0.1, 0.15) is 48.8 Å². The van der Waals surface area contributed by atoms with Crippen molar-refractivity contribution in [2.45, 2.75) is 46.1 Å². The van der Waals surface area contributed by atoms with Crippen molar-refractivity contribution in [3.05, 3.63) is 29.6 Å². The largest absolute Gasteiger partial charge is 0.478 e. The van der Waals surface area contributed by atoms with Gasteiger partial charge in [0.15, 0.2) is 0 Å². The quantitative estimate of drug-likeness (QED) is 0.924. The molecule has 0 spiro atoms. The molecule has 1 aliphatic rings. The number of para-hydroxylation sites is 1. The highest BCUT2D eigenvalue weighted by Crippen LogP contribution is 2.45. The maximum absolute atomic E-state index is 11.5. The van der Waals surface area contributed by atoms with Crippen LogP contribution in [0.2, 0.25) is 0 Å². The Labute approximate surface area is 118 Å². The molecule has 0 bridgehead atoms. The van der Waals surface area contributed by atoms with E-state index in [1.54, 1.807) is 12.1 Å². The first-order valence-corrected chi connectivity index (χ1v) is 7.25. The Bertz CT molecular complexity index is 663. The Kier molecular flexibility index (Phi) is 3.04. The van der Waals surface area contributed by atoms with E-state index < -0.39 is 5.97 Å². The molecule has 4 heteroatoms. The van der Waals surface area contributed by atoms with E-state index in [0.29, 0.717) is 11.0 Å². The van der Waals surface area contributed by atoms with Gasteiger partial charge < -0.3 is 9.67 Å². The number of nitrogens with zero attached hydrogens (tertiary/aromatic N) is 2. The Hall–Kier alpha value is -1.84. The number of fused-ring (bicyclic) bond motifs is 1. The van der Waals surface area contributed by atoms with Crippen molar-refractivity contribution in [1.82, 2.24) is 9.55 Å². The van der Waals surface area contributed by atoms with Crippen molar-refractivity contribution in [2.75, 3.05) is 0 Å². The summed E-state index contributed by atoms with van der Waals surface area (Å²) < 4.78 is 2.11. The number of carboxylic acids is 1. The van der Waals surface area contributed by atoms with E-state index in [0.717, 1.165) is 29.8 Å². The van der Waals surface area contributed by atoms with Gasteiger partial charge >= 0.3 is 5.97 Å². The van der Waals surface area contributed by atoms with E-state index in [1.165, 1.54) is 19.3 Å². The fourth-order valence-electron chi connectivity index (χ4n) is 3.30. The first-order chi connectivity index (χ1) is 9.56. The molecular weight excluding hydrogens is 252 g/mol. The second kappa shape index (κ2) is 4.62. The number of imidazole rings is 1. The van der Waals surface area contributed by atoms with Crippen molar-refractivity contribution in [1.29, 1.82) is 0 Å². The number of hydrogen-bond acceptors (Lipinski definition) is 2. The predicted molar refractivity (Wildman–Crippen MR) is 78.0 cm³/mol. The average molecular weight is 272 g/mol. The van der Waals surface area contributed by atoms with Crippen LogP contribution in [0.5, 0.6) is 0 Å². The molecule has 106 valence electrons. The molecular formula is C16H20N2O2. The van der Waals surface area contributed by atoms with Gasteiger partial charge in [0, 0.05) is 6.54 Å². The van der Waals surface area contributed by atoms with Crippen molar-refractivity contribution in [3.63, 3.8) is 0 Å². The first kappa shape index (κ1) is 13.2. The zero-order valence-electron chi connectivity index (χ0n) is 12.0. The van der Waals surface area contributed by atoms with Crippen molar-refractivity contribution in [3.8, 4) is 0 Å². The molecule has 2 aromatic rings. The first-order valence-electron chi connectivity index (χ1n) is 7.25. The molecule has 4 nitrogen and oxygen atoms in total. The van der Waals surface area contributed by atoms with Gasteiger partial charge in [0.05, 0.1) is 16.6 Å². The topological polar surface area (TPSA) is 55.1 Å². The second-order valence-electron chi connectivity index (χ2n) is 5.93. The molecule has 0 radical (unpaired) electrons. The van der Waals surface area contributed by atoms with E-state index in [-0.39, 0.29) is 0 Å². The lowest BCUT2D eigenvalue weighted by molar-refractivity contribution is 0.0697. The molecule has 1 N–H and O–H groups in total. The van der Waals surface area contributed by atoms with Crippen LogP contribution in [0.3, 0.4) is 0 Å². The molecule has 0 unspecified atom stereocenters. The molecule has 0 aliphatic heterocycles. The maximum Gasteiger partial charge on any atom is 0.337 e. The molecule has 1 saturated carbocycles. The molecule has 1 fully saturated rings. The molecule has 20 heavy (non-hydrogen) atoms. The lowest BCUT2D eigenvalue weighted by Crippen LogP contribution is -2.33. The van der Waals surface area contributed by atoms with Gasteiger partial charge in [0.25, 0.3) is 0 Å². The Balaban J connectivity index is 2.14. The molecule has 1 aliphatic carbocycles. The van der Waals surface area contributed by atoms with Crippen LogP contribution >= 0.6 is 0 Å². The smallest absolute Gasteiger partial charge is 0.337 e. The van der Waals surface area contributed by atoms with Crippen LogP contribution in [0.15, 0.2) is 18.2 Å². The number of carbonyl (C=O) groups is 1. The number of hydrogen-bond donors (Lipinski definition) is 1. The minimum absolute atomic E-state index is 0.337. The van der Waals surface area contributed by atoms with Crippen LogP contribution < -0.4 is 0 Å². The second-order valence-corrected chi connectivity index (χ2v) is 5.93. The van der Waals surface area contributed by atoms with Crippen molar-refractivity contribution < 1.29 is 9.90 Å². The summed E-state index contributed by atoms with van der Waals surface area (Å²) in [4.78, 5) is 16.0. The predicted octanol–water partition coefficient (Wildman–Crippen LogP) is 3.62. The van der Waals surface area contributed by atoms with Crippen LogP contribution in [0, 0.1) is 12.3 Å². The third kappa shape index (κ3) is 1.90. The number of aromatic carboxylic acids is 1.